The summed E-state index contributed by atoms with van der Waals surface area (Å²) in [6.07, 6.45) is 1.86. The van der Waals surface area contributed by atoms with Crippen molar-refractivity contribution in [3.63, 3.8) is 0 Å². The first-order valence-corrected chi connectivity index (χ1v) is 8.85. The molecular weight excluding hydrogens is 348 g/mol. The average Bonchev–Trinajstić information content (AvgIpc) is 3.02. The number of aromatic nitrogens is 1. The van der Waals surface area contributed by atoms with Crippen LogP contribution in [0.25, 0.3) is 17.0 Å². The monoisotopic (exact) mass is 372 g/mol. The molecule has 3 rings (SSSR count). The Hall–Kier alpha value is -2.80. The van der Waals surface area contributed by atoms with Crippen LogP contribution in [0.5, 0.6) is 17.4 Å². The minimum Gasteiger partial charge on any atom is -0.489 e. The zero-order valence-corrected chi connectivity index (χ0v) is 15.8. The molecule has 0 unspecified atom stereocenters. The van der Waals surface area contributed by atoms with E-state index < -0.39 is 12.0 Å². The van der Waals surface area contributed by atoms with Gasteiger partial charge in [0.1, 0.15) is 12.1 Å². The van der Waals surface area contributed by atoms with Crippen LogP contribution in [0.4, 0.5) is 0 Å². The highest BCUT2D eigenvalue weighted by Gasteiger charge is 2.36. The number of carboxylic acid groups (broad SMARTS) is 1. The van der Waals surface area contributed by atoms with Gasteiger partial charge in [0.15, 0.2) is 5.75 Å². The number of hydrogen-bond donors (Lipinski definition) is 1. The summed E-state index contributed by atoms with van der Waals surface area (Å²) >= 11 is 0. The van der Waals surface area contributed by atoms with Crippen molar-refractivity contribution in [1.82, 2.24) is 9.88 Å². The summed E-state index contributed by atoms with van der Waals surface area (Å²) in [7, 11) is 3.32. The maximum atomic E-state index is 11.4. The second-order valence-corrected chi connectivity index (χ2v) is 6.46. The minimum absolute atomic E-state index is 0.280. The van der Waals surface area contributed by atoms with Crippen molar-refractivity contribution in [2.45, 2.75) is 25.5 Å². The predicted molar refractivity (Wildman–Crippen MR) is 103 cm³/mol. The van der Waals surface area contributed by atoms with Gasteiger partial charge in [-0.1, -0.05) is 18.7 Å². The number of carboxylic acids is 1. The fraction of sp³-hybridized carbons (Fsp3) is 0.400. The molecule has 0 saturated carbocycles. The molecule has 0 amide bonds. The molecule has 0 spiro atoms. The summed E-state index contributed by atoms with van der Waals surface area (Å²) < 4.78 is 17.5. The lowest BCUT2D eigenvalue weighted by Gasteiger charge is -2.20. The van der Waals surface area contributed by atoms with Gasteiger partial charge in [0, 0.05) is 18.4 Å². The summed E-state index contributed by atoms with van der Waals surface area (Å²) in [5.74, 6) is 0.431. The molecule has 27 heavy (non-hydrogen) atoms. The van der Waals surface area contributed by atoms with Gasteiger partial charge in [-0.3, -0.25) is 9.69 Å². The molecule has 2 heterocycles. The van der Waals surface area contributed by atoms with Crippen LogP contribution >= 0.6 is 0 Å². The molecule has 1 saturated heterocycles. The van der Waals surface area contributed by atoms with E-state index in [1.807, 2.05) is 25.1 Å². The molecule has 2 aromatic rings. The third-order valence-electron chi connectivity index (χ3n) is 4.69. The van der Waals surface area contributed by atoms with E-state index >= 15 is 0 Å². The highest BCUT2D eigenvalue weighted by atomic mass is 16.5. The van der Waals surface area contributed by atoms with Crippen LogP contribution in [0.2, 0.25) is 0 Å². The van der Waals surface area contributed by atoms with Crippen LogP contribution in [0.3, 0.4) is 0 Å². The van der Waals surface area contributed by atoms with E-state index in [2.05, 4.69) is 11.6 Å². The van der Waals surface area contributed by atoms with Gasteiger partial charge in [-0.25, -0.2) is 4.98 Å². The normalized spacial score (nSPS) is 19.8. The number of rotatable bonds is 7. The Bertz CT molecular complexity index is 867. The molecule has 0 aliphatic carbocycles. The fourth-order valence-corrected chi connectivity index (χ4v) is 3.36. The van der Waals surface area contributed by atoms with Gasteiger partial charge in [0.05, 0.1) is 19.2 Å². The number of hydrogen-bond acceptors (Lipinski definition) is 6. The number of pyridine rings is 1. The number of nitrogens with zero attached hydrogens (tertiary/aromatic N) is 2. The second kappa shape index (κ2) is 7.84. The molecule has 1 aliphatic rings. The molecule has 7 nitrogen and oxygen atoms in total. The summed E-state index contributed by atoms with van der Waals surface area (Å²) in [4.78, 5) is 17.7. The molecule has 2 atom stereocenters. The first-order chi connectivity index (χ1) is 13.0. The topological polar surface area (TPSA) is 81.1 Å². The third-order valence-corrected chi connectivity index (χ3v) is 4.69. The van der Waals surface area contributed by atoms with E-state index in [1.54, 1.807) is 18.0 Å². The SMILES string of the molecule is C=Cc1ccc2nc(OCC)c(OC)c(O[C@@H]3C[C@@H](C(=O)O)N(C)C3)c2c1. The van der Waals surface area contributed by atoms with Crippen molar-refractivity contribution in [3.05, 3.63) is 30.3 Å². The Morgan fingerprint density at radius 1 is 1.44 bits per heavy atom. The molecule has 144 valence electrons. The Morgan fingerprint density at radius 3 is 2.81 bits per heavy atom. The van der Waals surface area contributed by atoms with Crippen LogP contribution in [0, 0.1) is 0 Å². The number of ether oxygens (including phenoxy) is 3. The number of benzene rings is 1. The quantitative estimate of drug-likeness (QED) is 0.800. The Labute approximate surface area is 158 Å². The third kappa shape index (κ3) is 3.68. The van der Waals surface area contributed by atoms with E-state index in [1.165, 1.54) is 7.11 Å². The number of likely N-dealkylation sites (N-methyl/N-ethyl adjacent to an activating group) is 1. The van der Waals surface area contributed by atoms with Gasteiger partial charge >= 0.3 is 5.97 Å². The van der Waals surface area contributed by atoms with E-state index in [0.717, 1.165) is 10.9 Å². The highest BCUT2D eigenvalue weighted by Crippen LogP contribution is 2.43. The summed E-state index contributed by atoms with van der Waals surface area (Å²) in [5.41, 5.74) is 1.63. The van der Waals surface area contributed by atoms with Crippen molar-refractivity contribution >= 4 is 22.9 Å². The van der Waals surface area contributed by atoms with Gasteiger partial charge in [0.2, 0.25) is 5.75 Å². The lowest BCUT2D eigenvalue weighted by Crippen LogP contribution is -2.32. The number of methoxy groups -OCH3 is 1. The maximum absolute atomic E-state index is 11.4. The Balaban J connectivity index is 2.08. The van der Waals surface area contributed by atoms with Crippen molar-refractivity contribution < 1.29 is 24.1 Å². The van der Waals surface area contributed by atoms with Crippen molar-refractivity contribution in [2.75, 3.05) is 27.3 Å². The Morgan fingerprint density at radius 2 is 2.22 bits per heavy atom. The van der Waals surface area contributed by atoms with Crippen LogP contribution in [-0.2, 0) is 4.79 Å². The number of carbonyl (C=O) groups is 1. The fourth-order valence-electron chi connectivity index (χ4n) is 3.36. The lowest BCUT2D eigenvalue weighted by atomic mass is 10.1. The van der Waals surface area contributed by atoms with Crippen molar-refractivity contribution in [1.29, 1.82) is 0 Å². The van der Waals surface area contributed by atoms with E-state index in [0.29, 0.717) is 42.5 Å². The first-order valence-electron chi connectivity index (χ1n) is 8.85. The number of aliphatic carboxylic acids is 1. The molecule has 1 aromatic carbocycles. The largest absolute Gasteiger partial charge is 0.489 e. The minimum atomic E-state index is -0.848. The standard InChI is InChI=1S/C20H24N2O5/c1-5-12-7-8-15-14(9-12)17(18(25-4)19(21-15)26-6-2)27-13-10-16(20(23)24)22(3)11-13/h5,7-9,13,16H,1,6,10-11H2,2-4H3,(H,23,24)/t13-,16+/m1/s1. The van der Waals surface area contributed by atoms with Crippen LogP contribution in [-0.4, -0.2) is 60.4 Å². The molecule has 0 bridgehead atoms. The number of fused-ring (bicyclic) bond motifs is 1. The molecule has 0 radical (unpaired) electrons. The zero-order chi connectivity index (χ0) is 19.6. The van der Waals surface area contributed by atoms with Gasteiger partial charge in [-0.15, -0.1) is 0 Å². The van der Waals surface area contributed by atoms with Crippen LogP contribution < -0.4 is 14.2 Å². The maximum Gasteiger partial charge on any atom is 0.321 e. The van der Waals surface area contributed by atoms with Gasteiger partial charge in [-0.05, 0) is 31.7 Å². The van der Waals surface area contributed by atoms with E-state index in [-0.39, 0.29) is 6.10 Å². The summed E-state index contributed by atoms with van der Waals surface area (Å²) in [6.45, 7) is 6.63. The van der Waals surface area contributed by atoms with Crippen LogP contribution in [0.1, 0.15) is 18.9 Å². The second-order valence-electron chi connectivity index (χ2n) is 6.46. The van der Waals surface area contributed by atoms with Crippen LogP contribution in [0.15, 0.2) is 24.8 Å². The molecular formula is C20H24N2O5. The summed E-state index contributed by atoms with van der Waals surface area (Å²) in [6, 6.07) is 5.15. The van der Waals surface area contributed by atoms with E-state index in [4.69, 9.17) is 14.2 Å². The van der Waals surface area contributed by atoms with Gasteiger partial charge in [0.25, 0.3) is 5.88 Å². The van der Waals surface area contributed by atoms with Crippen molar-refractivity contribution in [3.8, 4) is 17.4 Å². The smallest absolute Gasteiger partial charge is 0.321 e. The molecule has 1 fully saturated rings. The lowest BCUT2D eigenvalue weighted by molar-refractivity contribution is -0.141. The Kier molecular flexibility index (Phi) is 5.51. The molecule has 1 aromatic heterocycles. The summed E-state index contributed by atoms with van der Waals surface area (Å²) in [5, 5.41) is 10.1. The molecule has 1 N–H and O–H groups in total. The van der Waals surface area contributed by atoms with Gasteiger partial charge < -0.3 is 19.3 Å². The number of likely N-dealkylation sites (tertiary alicyclic amines) is 1. The zero-order valence-electron chi connectivity index (χ0n) is 15.8. The van der Waals surface area contributed by atoms with Crippen molar-refractivity contribution in [2.24, 2.45) is 0 Å². The average molecular weight is 372 g/mol. The predicted octanol–water partition coefficient (Wildman–Crippen LogP) is 2.82. The first kappa shape index (κ1) is 19.0. The molecule has 1 aliphatic heterocycles. The molecule has 7 heteroatoms. The highest BCUT2D eigenvalue weighted by molar-refractivity contribution is 5.90. The van der Waals surface area contributed by atoms with Gasteiger partial charge in [-0.2, -0.15) is 0 Å². The van der Waals surface area contributed by atoms with E-state index in [9.17, 15) is 9.90 Å².